The van der Waals surface area contributed by atoms with Gasteiger partial charge in [-0.3, -0.25) is 14.7 Å². The number of ether oxygens (including phenoxy) is 1. The molecule has 252 valence electrons. The maximum atomic E-state index is 13.3. The summed E-state index contributed by atoms with van der Waals surface area (Å²) in [7, 11) is -2.00. The summed E-state index contributed by atoms with van der Waals surface area (Å²) in [5, 5.41) is 17.0. The number of benzene rings is 2. The number of hydrogen-bond acceptors (Lipinski definition) is 9. The van der Waals surface area contributed by atoms with Crippen molar-refractivity contribution < 1.29 is 23.1 Å². The number of carbonyl (C=O) groups is 1. The van der Waals surface area contributed by atoms with Crippen molar-refractivity contribution in [1.82, 2.24) is 25.5 Å². The molecule has 4 heterocycles. The van der Waals surface area contributed by atoms with Crippen molar-refractivity contribution in [2.75, 3.05) is 32.5 Å². The monoisotopic (exact) mass is 709 g/mol. The van der Waals surface area contributed by atoms with Gasteiger partial charge in [-0.15, -0.1) is 0 Å². The number of β-amino-alcohol motifs (C(OH)–C–C–N with tert-alkyl or cyclic N) is 1. The Labute approximate surface area is 290 Å². The van der Waals surface area contributed by atoms with Crippen LogP contribution in [0.4, 0.5) is 0 Å². The number of nitrogens with zero attached hydrogens (tertiary/aromatic N) is 3. The zero-order valence-corrected chi connectivity index (χ0v) is 29.0. The smallest absolute Gasteiger partial charge is 0.220 e. The number of fused-ring (bicyclic) bond motifs is 1. The molecule has 0 spiro atoms. The van der Waals surface area contributed by atoms with E-state index in [1.807, 2.05) is 41.3 Å². The topological polar surface area (TPSA) is 134 Å². The van der Waals surface area contributed by atoms with Crippen LogP contribution < -0.4 is 15.4 Å². The van der Waals surface area contributed by atoms with Gasteiger partial charge in [-0.2, -0.15) is 0 Å². The van der Waals surface area contributed by atoms with Gasteiger partial charge in [0.1, 0.15) is 0 Å². The Morgan fingerprint density at radius 2 is 1.90 bits per heavy atom. The second-order valence-electron chi connectivity index (χ2n) is 12.2. The van der Waals surface area contributed by atoms with E-state index in [0.29, 0.717) is 94.3 Å². The highest BCUT2D eigenvalue weighted by Crippen LogP contribution is 2.42. The molecule has 2 aromatic carbocycles. The van der Waals surface area contributed by atoms with Gasteiger partial charge in [-0.05, 0) is 37.1 Å². The van der Waals surface area contributed by atoms with Crippen LogP contribution >= 0.6 is 23.2 Å². The van der Waals surface area contributed by atoms with E-state index in [9.17, 15) is 18.3 Å². The van der Waals surface area contributed by atoms with Crippen molar-refractivity contribution in [3.8, 4) is 39.5 Å². The normalized spacial score (nSPS) is 18.2. The van der Waals surface area contributed by atoms with Crippen LogP contribution in [0.3, 0.4) is 0 Å². The number of aliphatic hydroxyl groups is 1. The van der Waals surface area contributed by atoms with E-state index in [4.69, 9.17) is 32.9 Å². The Bertz CT molecular complexity index is 1960. The molecular formula is C35H37Cl2N5O5S. The first-order valence-corrected chi connectivity index (χ1v) is 18.2. The Hall–Kier alpha value is -3.58. The van der Waals surface area contributed by atoms with Gasteiger partial charge in [0.15, 0.2) is 9.84 Å². The van der Waals surface area contributed by atoms with E-state index < -0.39 is 15.9 Å². The van der Waals surface area contributed by atoms with Gasteiger partial charge in [-0.25, -0.2) is 13.4 Å². The molecule has 2 atom stereocenters. The molecule has 0 aliphatic carbocycles. The second kappa shape index (κ2) is 14.5. The van der Waals surface area contributed by atoms with Crippen molar-refractivity contribution in [1.29, 1.82) is 0 Å². The summed E-state index contributed by atoms with van der Waals surface area (Å²) in [4.78, 5) is 23.0. The number of carbonyl (C=O) groups excluding carboxylic acids is 1. The lowest BCUT2D eigenvalue weighted by molar-refractivity contribution is -0.119. The SMILES string of the molecule is COc1nc(-c2cccc(-c3ccnc(-c4ccc5c(c4)S(=O)(=O)CCN(CC(C)O)C5)c3Cl)c2Cl)ccc1CNC[C@H]1CCC(=O)N1. The number of sulfone groups is 1. The molecule has 0 saturated carbocycles. The average Bonchev–Trinajstić information content (AvgIpc) is 3.43. The Morgan fingerprint density at radius 1 is 1.10 bits per heavy atom. The number of rotatable bonds is 10. The van der Waals surface area contributed by atoms with E-state index in [0.717, 1.165) is 12.0 Å². The fourth-order valence-corrected chi connectivity index (χ4v) is 8.47. The molecule has 1 unspecified atom stereocenters. The van der Waals surface area contributed by atoms with Gasteiger partial charge in [0.05, 0.1) is 45.3 Å². The number of methoxy groups -OCH3 is 1. The lowest BCUT2D eigenvalue weighted by Crippen LogP contribution is -2.35. The summed E-state index contributed by atoms with van der Waals surface area (Å²) in [5.41, 5.74) is 5.18. The van der Waals surface area contributed by atoms with Crippen LogP contribution in [0.5, 0.6) is 5.88 Å². The van der Waals surface area contributed by atoms with Crippen molar-refractivity contribution in [3.05, 3.63) is 82.0 Å². The van der Waals surface area contributed by atoms with Crippen LogP contribution in [0.1, 0.15) is 30.9 Å². The Balaban J connectivity index is 1.28. The third-order valence-corrected chi connectivity index (χ3v) is 11.2. The predicted octanol–water partition coefficient (Wildman–Crippen LogP) is 5.13. The van der Waals surface area contributed by atoms with Crippen LogP contribution in [-0.4, -0.2) is 78.9 Å². The molecular weight excluding hydrogens is 673 g/mol. The fraction of sp³-hybridized carbons (Fsp3) is 0.343. The lowest BCUT2D eigenvalue weighted by Gasteiger charge is -2.21. The van der Waals surface area contributed by atoms with Gasteiger partial charge >= 0.3 is 0 Å². The van der Waals surface area contributed by atoms with Crippen molar-refractivity contribution in [2.24, 2.45) is 0 Å². The lowest BCUT2D eigenvalue weighted by atomic mass is 9.99. The number of aromatic nitrogens is 2. The molecule has 4 aromatic rings. The Kier molecular flexibility index (Phi) is 10.4. The standard InChI is InChI=1S/C35H37Cl2N5O5S/c1-21(43)19-42-14-15-48(45,46)30-16-22(6-7-24(30)20-42)34-33(37)27(12-13-39-34)26-4-3-5-28(32(26)36)29-10-8-23(35(41-29)47-2)17-38-18-25-9-11-31(44)40-25/h3-8,10,12-13,16,21,25,38,43H,9,11,14-15,17-20H2,1-2H3,(H,40,44)/t21?,25-/m1/s1. The molecule has 1 amide bonds. The molecule has 2 aliphatic rings. The van der Waals surface area contributed by atoms with Gasteiger partial charge in [0, 0.05) is 79.2 Å². The van der Waals surface area contributed by atoms with Crippen LogP contribution in [0, 0.1) is 0 Å². The summed E-state index contributed by atoms with van der Waals surface area (Å²) in [5.74, 6) is 0.504. The minimum absolute atomic E-state index is 0.0454. The van der Waals surface area contributed by atoms with Gasteiger partial charge < -0.3 is 20.5 Å². The second-order valence-corrected chi connectivity index (χ2v) is 15.0. The third kappa shape index (κ3) is 7.36. The summed E-state index contributed by atoms with van der Waals surface area (Å²) < 4.78 is 32.2. The molecule has 3 N–H and O–H groups in total. The van der Waals surface area contributed by atoms with Gasteiger partial charge in [0.2, 0.25) is 11.8 Å². The minimum Gasteiger partial charge on any atom is -0.481 e. The van der Waals surface area contributed by atoms with E-state index in [2.05, 4.69) is 15.6 Å². The summed E-state index contributed by atoms with van der Waals surface area (Å²) in [6.45, 7) is 4.01. The molecule has 0 radical (unpaired) electrons. The van der Waals surface area contributed by atoms with Crippen LogP contribution in [0.15, 0.2) is 65.7 Å². The maximum absolute atomic E-state index is 13.3. The van der Waals surface area contributed by atoms with E-state index in [-0.39, 0.29) is 22.6 Å². The summed E-state index contributed by atoms with van der Waals surface area (Å²) in [6.07, 6.45) is 2.44. The third-order valence-electron chi connectivity index (χ3n) is 8.65. The number of halogens is 2. The van der Waals surface area contributed by atoms with Crippen molar-refractivity contribution >= 4 is 38.9 Å². The maximum Gasteiger partial charge on any atom is 0.220 e. The quantitative estimate of drug-likeness (QED) is 0.205. The van der Waals surface area contributed by atoms with Crippen molar-refractivity contribution in [2.45, 2.75) is 49.9 Å². The molecule has 0 bridgehead atoms. The summed E-state index contributed by atoms with van der Waals surface area (Å²) >= 11 is 14.1. The van der Waals surface area contributed by atoms with E-state index in [1.165, 1.54) is 0 Å². The molecule has 6 rings (SSSR count). The highest BCUT2D eigenvalue weighted by molar-refractivity contribution is 7.91. The van der Waals surface area contributed by atoms with Crippen LogP contribution in [0.25, 0.3) is 33.6 Å². The highest BCUT2D eigenvalue weighted by Gasteiger charge is 2.27. The summed E-state index contributed by atoms with van der Waals surface area (Å²) in [6, 6.07) is 16.6. The van der Waals surface area contributed by atoms with Gasteiger partial charge in [0.25, 0.3) is 0 Å². The predicted molar refractivity (Wildman–Crippen MR) is 187 cm³/mol. The zero-order chi connectivity index (χ0) is 34.0. The van der Waals surface area contributed by atoms with E-state index in [1.54, 1.807) is 38.4 Å². The number of nitrogens with one attached hydrogen (secondary N) is 2. The number of pyridine rings is 2. The number of amides is 1. The van der Waals surface area contributed by atoms with Crippen LogP contribution in [-0.2, 0) is 27.7 Å². The molecule has 1 fully saturated rings. The number of hydrogen-bond donors (Lipinski definition) is 3. The first-order valence-electron chi connectivity index (χ1n) is 15.8. The average molecular weight is 711 g/mol. The highest BCUT2D eigenvalue weighted by atomic mass is 35.5. The van der Waals surface area contributed by atoms with E-state index >= 15 is 0 Å². The molecule has 13 heteroatoms. The molecule has 10 nitrogen and oxygen atoms in total. The fourth-order valence-electron chi connectivity index (χ4n) is 6.26. The van der Waals surface area contributed by atoms with Gasteiger partial charge in [-0.1, -0.05) is 59.6 Å². The largest absolute Gasteiger partial charge is 0.481 e. The minimum atomic E-state index is -3.57. The van der Waals surface area contributed by atoms with Crippen LogP contribution in [0.2, 0.25) is 10.0 Å². The van der Waals surface area contributed by atoms with Crippen molar-refractivity contribution in [3.63, 3.8) is 0 Å². The molecule has 2 aromatic heterocycles. The molecule has 1 saturated heterocycles. The zero-order valence-electron chi connectivity index (χ0n) is 26.7. The molecule has 48 heavy (non-hydrogen) atoms. The Morgan fingerprint density at radius 3 is 2.65 bits per heavy atom. The number of aliphatic hydroxyl groups excluding tert-OH is 1. The first-order chi connectivity index (χ1) is 23.0. The first kappa shape index (κ1) is 34.3. The molecule has 2 aliphatic heterocycles.